The zero-order chi connectivity index (χ0) is 22.3. The minimum absolute atomic E-state index is 0.0366. The van der Waals surface area contributed by atoms with E-state index in [0.29, 0.717) is 5.56 Å². The number of amides is 1. The average Bonchev–Trinajstić information content (AvgIpc) is 2.75. The number of nitrogens with zero attached hydrogens (tertiary/aromatic N) is 1. The molecule has 0 aromatic heterocycles. The van der Waals surface area contributed by atoms with Crippen LogP contribution >= 0.6 is 0 Å². The number of hydrogen-bond acceptors (Lipinski definition) is 8. The first-order valence-electron chi connectivity index (χ1n) is 8.75. The van der Waals surface area contributed by atoms with Gasteiger partial charge in [0.05, 0.1) is 25.6 Å². The minimum Gasteiger partial charge on any atom is -0.508 e. The lowest BCUT2D eigenvalue weighted by atomic mass is 9.88. The molecule has 0 aliphatic heterocycles. The van der Waals surface area contributed by atoms with E-state index in [1.54, 1.807) is 0 Å². The van der Waals surface area contributed by atoms with E-state index in [1.807, 2.05) is 0 Å². The third kappa shape index (κ3) is 5.53. The van der Waals surface area contributed by atoms with Gasteiger partial charge in [0.15, 0.2) is 0 Å². The maximum atomic E-state index is 12.6. The Morgan fingerprint density at radius 1 is 1.03 bits per heavy atom. The van der Waals surface area contributed by atoms with Gasteiger partial charge in [0.25, 0.3) is 11.6 Å². The number of phenols is 1. The lowest BCUT2D eigenvalue weighted by Crippen LogP contribution is -2.46. The second-order valence-corrected chi connectivity index (χ2v) is 6.26. The summed E-state index contributed by atoms with van der Waals surface area (Å²) in [5.74, 6) is -3.04. The highest BCUT2D eigenvalue weighted by atomic mass is 16.6. The maximum absolute atomic E-state index is 12.6. The van der Waals surface area contributed by atoms with Crippen molar-refractivity contribution in [3.05, 3.63) is 69.8 Å². The van der Waals surface area contributed by atoms with Crippen LogP contribution in [0.5, 0.6) is 5.75 Å². The molecule has 0 saturated heterocycles. The molecule has 0 radical (unpaired) electrons. The predicted molar refractivity (Wildman–Crippen MR) is 104 cm³/mol. The molecule has 0 aliphatic carbocycles. The van der Waals surface area contributed by atoms with Crippen LogP contribution in [0.2, 0.25) is 0 Å². The Morgan fingerprint density at radius 3 is 2.13 bits per heavy atom. The molecular weight excluding hydrogens is 396 g/mol. The second-order valence-electron chi connectivity index (χ2n) is 6.26. The van der Waals surface area contributed by atoms with Crippen molar-refractivity contribution < 1.29 is 33.9 Å². The van der Waals surface area contributed by atoms with Crippen molar-refractivity contribution >= 4 is 23.5 Å². The summed E-state index contributed by atoms with van der Waals surface area (Å²) >= 11 is 0. The van der Waals surface area contributed by atoms with Crippen LogP contribution in [0.4, 0.5) is 5.69 Å². The molecule has 10 nitrogen and oxygen atoms in total. The smallest absolute Gasteiger partial charge is 0.329 e. The molecule has 0 fully saturated rings. The molecule has 1 amide bonds. The molecule has 0 unspecified atom stereocenters. The van der Waals surface area contributed by atoms with Crippen molar-refractivity contribution in [1.82, 2.24) is 5.32 Å². The number of nitro groups is 1. The number of aromatic hydroxyl groups is 1. The molecule has 0 aliphatic rings. The summed E-state index contributed by atoms with van der Waals surface area (Å²) < 4.78 is 9.48. The first kappa shape index (κ1) is 22.3. The quantitative estimate of drug-likeness (QED) is 0.377. The monoisotopic (exact) mass is 416 g/mol. The molecule has 158 valence electrons. The second kappa shape index (κ2) is 10.0. The fraction of sp³-hybridized carbons (Fsp3) is 0.250. The zero-order valence-electron chi connectivity index (χ0n) is 16.2. The van der Waals surface area contributed by atoms with E-state index in [-0.39, 0.29) is 23.4 Å². The summed E-state index contributed by atoms with van der Waals surface area (Å²) in [7, 11) is 2.31. The van der Waals surface area contributed by atoms with Gasteiger partial charge in [-0.2, -0.15) is 0 Å². The number of ether oxygens (including phenoxy) is 2. The molecule has 2 N–H and O–H groups in total. The summed E-state index contributed by atoms with van der Waals surface area (Å²) in [5, 5.41) is 22.8. The minimum atomic E-state index is -1.28. The van der Waals surface area contributed by atoms with Crippen LogP contribution in [0.15, 0.2) is 48.5 Å². The van der Waals surface area contributed by atoms with Crippen LogP contribution in [0.25, 0.3) is 0 Å². The lowest BCUT2D eigenvalue weighted by molar-refractivity contribution is -0.384. The summed E-state index contributed by atoms with van der Waals surface area (Å²) in [5.41, 5.74) is 0.396. The van der Waals surface area contributed by atoms with Gasteiger partial charge in [-0.25, -0.2) is 4.79 Å². The van der Waals surface area contributed by atoms with Crippen LogP contribution in [0.3, 0.4) is 0 Å². The van der Waals surface area contributed by atoms with Gasteiger partial charge in [0.2, 0.25) is 0 Å². The van der Waals surface area contributed by atoms with Gasteiger partial charge in [0, 0.05) is 23.6 Å². The van der Waals surface area contributed by atoms with E-state index in [0.717, 1.165) is 7.11 Å². The van der Waals surface area contributed by atoms with E-state index in [2.05, 4.69) is 5.32 Å². The molecule has 2 aromatic rings. The maximum Gasteiger partial charge on any atom is 0.329 e. The van der Waals surface area contributed by atoms with Gasteiger partial charge in [-0.3, -0.25) is 19.7 Å². The molecule has 2 atom stereocenters. The van der Waals surface area contributed by atoms with E-state index in [4.69, 9.17) is 9.47 Å². The lowest BCUT2D eigenvalue weighted by Gasteiger charge is -2.26. The van der Waals surface area contributed by atoms with Crippen molar-refractivity contribution in [3.63, 3.8) is 0 Å². The van der Waals surface area contributed by atoms with Crippen LogP contribution in [0, 0.1) is 10.1 Å². The highest BCUT2D eigenvalue weighted by Gasteiger charge is 2.34. The summed E-state index contributed by atoms with van der Waals surface area (Å²) in [6.07, 6.45) is -0.288. The van der Waals surface area contributed by atoms with Gasteiger partial charge in [-0.05, 0) is 29.8 Å². The molecule has 2 aromatic carbocycles. The average molecular weight is 416 g/mol. The molecule has 0 spiro atoms. The van der Waals surface area contributed by atoms with Crippen molar-refractivity contribution in [1.29, 1.82) is 0 Å². The Labute approximate surface area is 171 Å². The van der Waals surface area contributed by atoms with E-state index in [9.17, 15) is 29.6 Å². The fourth-order valence-corrected chi connectivity index (χ4v) is 2.82. The van der Waals surface area contributed by atoms with E-state index in [1.165, 1.54) is 55.6 Å². The van der Waals surface area contributed by atoms with Gasteiger partial charge in [0.1, 0.15) is 11.8 Å². The Kier molecular flexibility index (Phi) is 7.45. The molecular formula is C20H20N2O8. The highest BCUT2D eigenvalue weighted by Crippen LogP contribution is 2.27. The molecule has 10 heteroatoms. The third-order valence-corrected chi connectivity index (χ3v) is 4.42. The standard InChI is InChI=1S/C20H20N2O8/c1-29-17(24)11-16(12-3-7-14(8-4-12)22(27)28)18(20(26)30-2)21-19(25)13-5-9-15(23)10-6-13/h3-10,16,18,23H,11H2,1-2H3,(H,21,25)/t16-,18-/m1/s1. The van der Waals surface area contributed by atoms with E-state index < -0.39 is 34.7 Å². The molecule has 0 bridgehead atoms. The topological polar surface area (TPSA) is 145 Å². The third-order valence-electron chi connectivity index (χ3n) is 4.42. The largest absolute Gasteiger partial charge is 0.508 e. The number of esters is 2. The predicted octanol–water partition coefficient (Wildman–Crippen LogP) is 1.92. The molecule has 0 heterocycles. The van der Waals surface area contributed by atoms with Crippen molar-refractivity contribution in [3.8, 4) is 5.75 Å². The highest BCUT2D eigenvalue weighted by molar-refractivity contribution is 5.97. The number of carbonyl (C=O) groups is 3. The number of benzene rings is 2. The van der Waals surface area contributed by atoms with Crippen LogP contribution in [-0.4, -0.2) is 48.1 Å². The number of carbonyl (C=O) groups excluding carboxylic acids is 3. The Balaban J connectivity index is 2.40. The van der Waals surface area contributed by atoms with Gasteiger partial charge in [-0.15, -0.1) is 0 Å². The number of nitrogens with one attached hydrogen (secondary N) is 1. The Bertz CT molecular complexity index is 925. The number of phenolic OH excluding ortho intramolecular Hbond substituents is 1. The van der Waals surface area contributed by atoms with Gasteiger partial charge >= 0.3 is 11.9 Å². The Hall–Kier alpha value is -3.95. The molecule has 2 rings (SSSR count). The van der Waals surface area contributed by atoms with Crippen LogP contribution in [0.1, 0.15) is 28.3 Å². The number of hydrogen-bond donors (Lipinski definition) is 2. The van der Waals surface area contributed by atoms with Crippen molar-refractivity contribution in [2.24, 2.45) is 0 Å². The first-order valence-corrected chi connectivity index (χ1v) is 8.75. The number of rotatable bonds is 8. The fourth-order valence-electron chi connectivity index (χ4n) is 2.82. The first-order chi connectivity index (χ1) is 14.3. The number of methoxy groups -OCH3 is 2. The zero-order valence-corrected chi connectivity index (χ0v) is 16.2. The van der Waals surface area contributed by atoms with Crippen LogP contribution in [-0.2, 0) is 19.1 Å². The van der Waals surface area contributed by atoms with Crippen LogP contribution < -0.4 is 5.32 Å². The number of non-ortho nitro benzene ring substituents is 1. The van der Waals surface area contributed by atoms with E-state index >= 15 is 0 Å². The molecule has 0 saturated carbocycles. The van der Waals surface area contributed by atoms with Gasteiger partial charge < -0.3 is 19.9 Å². The molecule has 30 heavy (non-hydrogen) atoms. The SMILES string of the molecule is COC(=O)C[C@H](c1ccc([N+](=O)[O-])cc1)[C@@H](NC(=O)c1ccc(O)cc1)C(=O)OC. The number of nitro benzene ring substituents is 1. The normalized spacial score (nSPS) is 12.3. The van der Waals surface area contributed by atoms with Crippen molar-refractivity contribution in [2.75, 3.05) is 14.2 Å². The summed E-state index contributed by atoms with van der Waals surface area (Å²) in [4.78, 5) is 47.4. The summed E-state index contributed by atoms with van der Waals surface area (Å²) in [6, 6.07) is 9.32. The summed E-state index contributed by atoms with van der Waals surface area (Å²) in [6.45, 7) is 0. The van der Waals surface area contributed by atoms with Crippen molar-refractivity contribution in [2.45, 2.75) is 18.4 Å². The Morgan fingerprint density at radius 2 is 1.63 bits per heavy atom. The van der Waals surface area contributed by atoms with Gasteiger partial charge in [-0.1, -0.05) is 12.1 Å².